The molecule has 0 radical (unpaired) electrons. The number of hydrogen-bond donors (Lipinski definition) is 1. The fourth-order valence-corrected chi connectivity index (χ4v) is 2.56. The van der Waals surface area contributed by atoms with Gasteiger partial charge in [-0.2, -0.15) is 0 Å². The number of ether oxygens (including phenoxy) is 2. The van der Waals surface area contributed by atoms with Crippen molar-refractivity contribution in [2.75, 3.05) is 33.7 Å². The van der Waals surface area contributed by atoms with Gasteiger partial charge >= 0.3 is 0 Å². The van der Waals surface area contributed by atoms with E-state index >= 15 is 0 Å². The summed E-state index contributed by atoms with van der Waals surface area (Å²) in [5.74, 6) is -4.38. The minimum atomic E-state index is -3.74. The van der Waals surface area contributed by atoms with Gasteiger partial charge in [0.05, 0.1) is 20.3 Å². The van der Waals surface area contributed by atoms with Crippen LogP contribution in [0.1, 0.15) is 45.1 Å². The predicted octanol–water partition coefficient (Wildman–Crippen LogP) is 3.83. The number of rotatable bonds is 7. The number of hydrogen-bond acceptors (Lipinski definition) is 4. The third-order valence-electron chi connectivity index (χ3n) is 3.96. The number of aliphatic hydroxyl groups excluding tert-OH is 1. The highest BCUT2D eigenvalue weighted by Crippen LogP contribution is 2.39. The van der Waals surface area contributed by atoms with Gasteiger partial charge in [0.15, 0.2) is 11.5 Å². The Balaban J connectivity index is 2.24. The number of halogens is 1. The maximum absolute atomic E-state index is 13.3. The standard InChI is InChI=1S/C22H28FNO3/c1-26-20-5-3-4-19(22(20)27-2)21(25)17-11-14-24(15-12-17)13-10-16-6-8-18(23)9-7-16/h3-9,17,21,25H,10-15H2,1-2H3/i11D2,12D2,13D2,14D2,15D2,17D. The number of methoxy groups -OCH3 is 2. The predicted molar refractivity (Wildman–Crippen MR) is 104 cm³/mol. The van der Waals surface area contributed by atoms with E-state index in [-0.39, 0.29) is 27.5 Å². The Bertz CT molecular complexity index is 1150. The van der Waals surface area contributed by atoms with Crippen LogP contribution >= 0.6 is 0 Å². The average Bonchev–Trinajstić information content (AvgIpc) is 2.81. The lowest BCUT2D eigenvalue weighted by molar-refractivity contribution is 0.0573. The lowest BCUT2D eigenvalue weighted by Gasteiger charge is -2.34. The lowest BCUT2D eigenvalue weighted by atomic mass is 9.87. The van der Waals surface area contributed by atoms with Gasteiger partial charge < -0.3 is 19.5 Å². The second kappa shape index (κ2) is 9.20. The number of likely N-dealkylation sites (tertiary alicyclic amines) is 1. The van der Waals surface area contributed by atoms with Gasteiger partial charge in [0.2, 0.25) is 0 Å². The van der Waals surface area contributed by atoms with Crippen molar-refractivity contribution in [3.05, 3.63) is 59.4 Å². The zero-order valence-corrected chi connectivity index (χ0v) is 14.9. The molecule has 0 bridgehead atoms. The minimum absolute atomic E-state index is 0.0351. The normalized spacial score (nSPS) is 32.1. The Morgan fingerprint density at radius 1 is 1.22 bits per heavy atom. The Morgan fingerprint density at radius 3 is 2.56 bits per heavy atom. The van der Waals surface area contributed by atoms with Crippen molar-refractivity contribution < 1.29 is 34.0 Å². The van der Waals surface area contributed by atoms with E-state index in [4.69, 9.17) is 24.6 Å². The van der Waals surface area contributed by atoms with Gasteiger partial charge in [-0.05, 0) is 61.8 Å². The highest BCUT2D eigenvalue weighted by molar-refractivity contribution is 5.47. The lowest BCUT2D eigenvalue weighted by Crippen LogP contribution is -2.36. The van der Waals surface area contributed by atoms with E-state index in [1.807, 2.05) is 0 Å². The van der Waals surface area contributed by atoms with Gasteiger partial charge in [-0.25, -0.2) is 4.39 Å². The van der Waals surface area contributed by atoms with Crippen molar-refractivity contribution >= 4 is 0 Å². The molecule has 2 aromatic rings. The quantitative estimate of drug-likeness (QED) is 0.788. The molecule has 2 aromatic carbocycles. The Morgan fingerprint density at radius 2 is 1.93 bits per heavy atom. The third kappa shape index (κ3) is 4.79. The van der Waals surface area contributed by atoms with Crippen molar-refractivity contribution in [2.24, 2.45) is 5.89 Å². The molecular formula is C22H28FNO3. The van der Waals surface area contributed by atoms with E-state index in [2.05, 4.69) is 0 Å². The van der Waals surface area contributed by atoms with Crippen LogP contribution < -0.4 is 9.47 Å². The summed E-state index contributed by atoms with van der Waals surface area (Å²) in [7, 11) is 2.45. The highest BCUT2D eigenvalue weighted by atomic mass is 19.1. The summed E-state index contributed by atoms with van der Waals surface area (Å²) in [5, 5.41) is 11.3. The van der Waals surface area contributed by atoms with Crippen LogP contribution in [0.5, 0.6) is 11.5 Å². The third-order valence-corrected chi connectivity index (χ3v) is 3.96. The molecule has 0 spiro atoms. The zero-order chi connectivity index (χ0) is 29.1. The fourth-order valence-electron chi connectivity index (χ4n) is 2.56. The topological polar surface area (TPSA) is 41.9 Å². The van der Waals surface area contributed by atoms with Crippen LogP contribution in [0.2, 0.25) is 0 Å². The molecule has 1 fully saturated rings. The molecule has 1 heterocycles. The fraction of sp³-hybridized carbons (Fsp3) is 0.455. The Hall–Kier alpha value is -2.11. The van der Waals surface area contributed by atoms with Crippen molar-refractivity contribution in [1.29, 1.82) is 0 Å². The van der Waals surface area contributed by atoms with Gasteiger partial charge in [0, 0.05) is 27.1 Å². The van der Waals surface area contributed by atoms with Gasteiger partial charge in [-0.3, -0.25) is 0 Å². The summed E-state index contributed by atoms with van der Waals surface area (Å²) < 4.78 is 119. The number of para-hydroxylation sites is 1. The SMILES string of the molecule is [2H]C([2H])(Cc1ccc(F)cc1)N1C([2H])([2H])C([2H])([2H])C([2H])(C(O)c2cccc(OC)c2OC)C([2H])([2H])C1([2H])[2H]. The first-order chi connectivity index (χ1) is 17.3. The van der Waals surface area contributed by atoms with E-state index in [1.54, 1.807) is 0 Å². The Kier molecular flexibility index (Phi) is 3.37. The molecule has 1 atom stereocenters. The maximum Gasteiger partial charge on any atom is 0.166 e. The largest absolute Gasteiger partial charge is 0.493 e. The Labute approximate surface area is 176 Å². The van der Waals surface area contributed by atoms with Crippen molar-refractivity contribution in [3.63, 3.8) is 0 Å². The smallest absolute Gasteiger partial charge is 0.166 e. The monoisotopic (exact) mass is 384 g/mol. The maximum atomic E-state index is 13.3. The first-order valence-corrected chi connectivity index (χ1v) is 8.19. The molecule has 3 rings (SSSR count). The van der Waals surface area contributed by atoms with Crippen molar-refractivity contribution in [2.45, 2.75) is 25.3 Å². The molecule has 1 aliphatic heterocycles. The van der Waals surface area contributed by atoms with Gasteiger partial charge in [0.25, 0.3) is 0 Å². The highest BCUT2D eigenvalue weighted by Gasteiger charge is 2.28. The van der Waals surface area contributed by atoms with Crippen LogP contribution in [0.25, 0.3) is 0 Å². The summed E-state index contributed by atoms with van der Waals surface area (Å²) in [4.78, 5) is -0.210. The van der Waals surface area contributed by atoms with Crippen LogP contribution in [0.4, 0.5) is 4.39 Å². The number of aryl methyl sites for hydroxylation is 1. The molecular weight excluding hydrogens is 345 g/mol. The minimum Gasteiger partial charge on any atom is -0.493 e. The number of nitrogens with zero attached hydrogens (tertiary/aromatic N) is 1. The van der Waals surface area contributed by atoms with Crippen LogP contribution in [-0.4, -0.2) is 43.7 Å². The van der Waals surface area contributed by atoms with Gasteiger partial charge in [-0.1, -0.05) is 24.3 Å². The molecule has 1 unspecified atom stereocenters. The van der Waals surface area contributed by atoms with Gasteiger partial charge in [0.1, 0.15) is 5.82 Å². The second-order valence-electron chi connectivity index (χ2n) is 5.67. The molecule has 0 aliphatic carbocycles. The summed E-state index contributed by atoms with van der Waals surface area (Å²) in [6.45, 7) is -10.5. The van der Waals surface area contributed by atoms with E-state index in [1.165, 1.54) is 44.6 Å². The van der Waals surface area contributed by atoms with E-state index in [9.17, 15) is 9.50 Å². The van der Waals surface area contributed by atoms with Crippen molar-refractivity contribution in [1.82, 2.24) is 4.90 Å². The van der Waals surface area contributed by atoms with Crippen LogP contribution in [-0.2, 0) is 6.42 Å². The summed E-state index contributed by atoms with van der Waals surface area (Å²) >= 11 is 0. The van der Waals surface area contributed by atoms with E-state index < -0.39 is 56.5 Å². The molecule has 27 heavy (non-hydrogen) atoms. The molecule has 0 saturated carbocycles. The van der Waals surface area contributed by atoms with Gasteiger partial charge in [-0.15, -0.1) is 0 Å². The van der Waals surface area contributed by atoms with E-state index in [0.29, 0.717) is 0 Å². The van der Waals surface area contributed by atoms with Crippen molar-refractivity contribution in [3.8, 4) is 11.5 Å². The van der Waals surface area contributed by atoms with Crippen LogP contribution in [0, 0.1) is 11.7 Å². The molecule has 5 heteroatoms. The number of benzene rings is 2. The average molecular weight is 385 g/mol. The number of piperidine rings is 1. The first-order valence-electron chi connectivity index (χ1n) is 13.7. The molecule has 1 saturated heterocycles. The molecule has 1 N–H and O–H groups in total. The zero-order valence-electron chi connectivity index (χ0n) is 25.9. The van der Waals surface area contributed by atoms with Crippen LogP contribution in [0.3, 0.4) is 0 Å². The van der Waals surface area contributed by atoms with Crippen LogP contribution in [0.15, 0.2) is 42.5 Å². The second-order valence-corrected chi connectivity index (χ2v) is 5.67. The molecule has 1 aliphatic rings. The summed E-state index contributed by atoms with van der Waals surface area (Å²) in [6.07, 6.45) is -10.7. The molecule has 0 aromatic heterocycles. The summed E-state index contributed by atoms with van der Waals surface area (Å²) in [6, 6.07) is 8.32. The molecule has 0 amide bonds. The molecule has 146 valence electrons. The summed E-state index contributed by atoms with van der Waals surface area (Å²) in [5.41, 5.74) is -0.253. The first kappa shape index (κ1) is 9.89. The molecule has 4 nitrogen and oxygen atoms in total. The number of aliphatic hydroxyl groups is 1. The van der Waals surface area contributed by atoms with E-state index in [0.717, 1.165) is 12.1 Å².